The molecule has 150 valence electrons. The second-order valence-electron chi connectivity index (χ2n) is 6.87. The van der Waals surface area contributed by atoms with E-state index in [4.69, 9.17) is 25.8 Å². The molecular formula is C22H21ClN2O4. The minimum absolute atomic E-state index is 0.0726. The number of benzene rings is 2. The third kappa shape index (κ3) is 5.43. The lowest BCUT2D eigenvalue weighted by molar-refractivity contribution is -0.112. The number of fused-ring (bicyclic) bond motifs is 1. The first-order valence-electron chi connectivity index (χ1n) is 9.21. The number of ether oxygens (including phenoxy) is 3. The maximum Gasteiger partial charge on any atom is 0.266 e. The van der Waals surface area contributed by atoms with Crippen LogP contribution in [0.2, 0.25) is 5.02 Å². The highest BCUT2D eigenvalue weighted by molar-refractivity contribution is 6.30. The molecule has 1 N–H and O–H groups in total. The molecule has 3 rings (SSSR count). The number of hydrogen-bond acceptors (Lipinski definition) is 5. The highest BCUT2D eigenvalue weighted by Crippen LogP contribution is 2.33. The normalized spacial score (nSPS) is 13.0. The summed E-state index contributed by atoms with van der Waals surface area (Å²) in [5.74, 6) is 1.52. The number of hydrogen-bond donors (Lipinski definition) is 1. The Bertz CT molecular complexity index is 979. The van der Waals surface area contributed by atoms with Gasteiger partial charge in [-0.2, -0.15) is 5.26 Å². The molecule has 29 heavy (non-hydrogen) atoms. The van der Waals surface area contributed by atoms with Gasteiger partial charge >= 0.3 is 0 Å². The zero-order valence-corrected chi connectivity index (χ0v) is 17.0. The number of rotatable bonds is 6. The topological polar surface area (TPSA) is 80.6 Å². The Labute approximate surface area is 174 Å². The van der Waals surface area contributed by atoms with Gasteiger partial charge in [0.05, 0.1) is 6.61 Å². The quantitative estimate of drug-likeness (QED) is 0.549. The molecule has 1 aliphatic heterocycles. The molecule has 0 saturated heterocycles. The zero-order valence-electron chi connectivity index (χ0n) is 16.2. The molecule has 0 atom stereocenters. The molecule has 0 fully saturated rings. The summed E-state index contributed by atoms with van der Waals surface area (Å²) < 4.78 is 16.8. The van der Waals surface area contributed by atoms with Crippen LogP contribution >= 0.6 is 11.6 Å². The van der Waals surface area contributed by atoms with E-state index in [0.717, 1.165) is 0 Å². The highest BCUT2D eigenvalue weighted by Gasteiger charge is 2.15. The number of anilines is 1. The summed E-state index contributed by atoms with van der Waals surface area (Å²) in [5, 5.41) is 12.7. The van der Waals surface area contributed by atoms with E-state index in [1.807, 2.05) is 19.9 Å². The first-order valence-corrected chi connectivity index (χ1v) is 9.59. The molecule has 1 heterocycles. The van der Waals surface area contributed by atoms with Gasteiger partial charge < -0.3 is 19.5 Å². The van der Waals surface area contributed by atoms with Gasteiger partial charge in [0.15, 0.2) is 11.5 Å². The molecule has 0 saturated carbocycles. The van der Waals surface area contributed by atoms with Crippen LogP contribution in [0, 0.1) is 17.2 Å². The Hall–Kier alpha value is -3.17. The van der Waals surface area contributed by atoms with Gasteiger partial charge in [-0.3, -0.25) is 4.79 Å². The van der Waals surface area contributed by atoms with Gasteiger partial charge in [-0.15, -0.1) is 0 Å². The number of nitriles is 1. The Balaban J connectivity index is 1.82. The molecular weight excluding hydrogens is 392 g/mol. The van der Waals surface area contributed by atoms with Gasteiger partial charge in [-0.25, -0.2) is 0 Å². The van der Waals surface area contributed by atoms with Crippen LogP contribution in [0.25, 0.3) is 6.08 Å². The average Bonchev–Trinajstić information content (AvgIpc) is 2.71. The van der Waals surface area contributed by atoms with Crippen molar-refractivity contribution in [1.82, 2.24) is 0 Å². The number of carbonyl (C=O) groups excluding carboxylic acids is 1. The third-order valence-corrected chi connectivity index (χ3v) is 4.24. The van der Waals surface area contributed by atoms with Gasteiger partial charge in [0.1, 0.15) is 30.6 Å². The summed E-state index contributed by atoms with van der Waals surface area (Å²) in [5.41, 5.74) is 0.992. The lowest BCUT2D eigenvalue weighted by Gasteiger charge is -2.19. The first kappa shape index (κ1) is 20.6. The Kier molecular flexibility index (Phi) is 6.63. The van der Waals surface area contributed by atoms with Crippen molar-refractivity contribution in [3.05, 3.63) is 52.6 Å². The summed E-state index contributed by atoms with van der Waals surface area (Å²) >= 11 is 6.09. The molecule has 7 heteroatoms. The van der Waals surface area contributed by atoms with Crippen LogP contribution in [-0.2, 0) is 4.79 Å². The Morgan fingerprint density at radius 2 is 2.00 bits per heavy atom. The Morgan fingerprint density at radius 3 is 2.72 bits per heavy atom. The van der Waals surface area contributed by atoms with Crippen LogP contribution in [0.15, 0.2) is 42.0 Å². The van der Waals surface area contributed by atoms with Crippen molar-refractivity contribution in [3.8, 4) is 23.3 Å². The monoisotopic (exact) mass is 412 g/mol. The summed E-state index contributed by atoms with van der Waals surface area (Å²) in [6, 6.07) is 12.1. The predicted octanol–water partition coefficient (Wildman–Crippen LogP) is 4.69. The summed E-state index contributed by atoms with van der Waals surface area (Å²) in [6.45, 7) is 5.51. The van der Waals surface area contributed by atoms with Crippen molar-refractivity contribution in [3.63, 3.8) is 0 Å². The number of nitrogens with one attached hydrogen (secondary N) is 1. The third-order valence-electron chi connectivity index (χ3n) is 4.01. The highest BCUT2D eigenvalue weighted by atomic mass is 35.5. The smallest absolute Gasteiger partial charge is 0.266 e. The number of carbonyl (C=O) groups is 1. The predicted molar refractivity (Wildman–Crippen MR) is 111 cm³/mol. The zero-order chi connectivity index (χ0) is 20.8. The fourth-order valence-electron chi connectivity index (χ4n) is 2.64. The molecule has 0 bridgehead atoms. The number of nitrogens with zero attached hydrogens (tertiary/aromatic N) is 1. The van der Waals surface area contributed by atoms with E-state index in [-0.39, 0.29) is 5.57 Å². The molecule has 2 aromatic rings. The first-order chi connectivity index (χ1) is 14.0. The van der Waals surface area contributed by atoms with Crippen molar-refractivity contribution in [2.24, 2.45) is 5.92 Å². The van der Waals surface area contributed by atoms with E-state index in [1.54, 1.807) is 36.4 Å². The van der Waals surface area contributed by atoms with Crippen molar-refractivity contribution in [2.75, 3.05) is 25.1 Å². The largest absolute Gasteiger partial charge is 0.493 e. The molecule has 0 radical (unpaired) electrons. The molecule has 2 aromatic carbocycles. The van der Waals surface area contributed by atoms with Crippen LogP contribution in [0.4, 0.5) is 5.69 Å². The van der Waals surface area contributed by atoms with Gasteiger partial charge in [0.25, 0.3) is 5.91 Å². The van der Waals surface area contributed by atoms with Gasteiger partial charge in [-0.1, -0.05) is 25.4 Å². The molecule has 0 unspecified atom stereocenters. The van der Waals surface area contributed by atoms with E-state index >= 15 is 0 Å². The van der Waals surface area contributed by atoms with Crippen molar-refractivity contribution in [1.29, 1.82) is 5.26 Å². The van der Waals surface area contributed by atoms with Crippen LogP contribution < -0.4 is 19.5 Å². The van der Waals surface area contributed by atoms with E-state index in [1.165, 1.54) is 6.08 Å². The van der Waals surface area contributed by atoms with Crippen LogP contribution in [-0.4, -0.2) is 25.7 Å². The minimum atomic E-state index is -0.543. The lowest BCUT2D eigenvalue weighted by Crippen LogP contribution is -2.17. The molecule has 1 aliphatic rings. The minimum Gasteiger partial charge on any atom is -0.493 e. The molecule has 0 aliphatic carbocycles. The molecule has 1 amide bonds. The lowest BCUT2D eigenvalue weighted by atomic mass is 10.1. The van der Waals surface area contributed by atoms with Crippen molar-refractivity contribution in [2.45, 2.75) is 13.8 Å². The molecule has 0 spiro atoms. The maximum absolute atomic E-state index is 12.6. The van der Waals surface area contributed by atoms with Crippen molar-refractivity contribution >= 4 is 29.3 Å². The van der Waals surface area contributed by atoms with Gasteiger partial charge in [-0.05, 0) is 42.3 Å². The van der Waals surface area contributed by atoms with Crippen LogP contribution in [0.1, 0.15) is 19.4 Å². The standard InChI is InChI=1S/C22H21ClN2O4/c1-14(2)13-29-19-5-3-17(23)10-15(19)9-16(12-24)22(26)25-18-4-6-20-21(11-18)28-8-7-27-20/h3-6,9-11,14H,7-8,13H2,1-2H3,(H,25,26). The Morgan fingerprint density at radius 1 is 1.24 bits per heavy atom. The van der Waals surface area contributed by atoms with E-state index in [9.17, 15) is 10.1 Å². The number of halogens is 1. The van der Waals surface area contributed by atoms with Gasteiger partial charge in [0, 0.05) is 22.3 Å². The van der Waals surface area contributed by atoms with E-state index in [2.05, 4.69) is 5.32 Å². The van der Waals surface area contributed by atoms with Gasteiger partial charge in [0.2, 0.25) is 0 Å². The summed E-state index contributed by atoms with van der Waals surface area (Å²) in [6.07, 6.45) is 1.47. The number of amides is 1. The second-order valence-corrected chi connectivity index (χ2v) is 7.31. The molecule has 0 aromatic heterocycles. The van der Waals surface area contributed by atoms with E-state index in [0.29, 0.717) is 59.3 Å². The fraction of sp³-hybridized carbons (Fsp3) is 0.273. The van der Waals surface area contributed by atoms with E-state index < -0.39 is 5.91 Å². The van der Waals surface area contributed by atoms with Crippen LogP contribution in [0.5, 0.6) is 17.2 Å². The van der Waals surface area contributed by atoms with Crippen molar-refractivity contribution < 1.29 is 19.0 Å². The maximum atomic E-state index is 12.6. The average molecular weight is 413 g/mol. The summed E-state index contributed by atoms with van der Waals surface area (Å²) in [4.78, 5) is 12.6. The SMILES string of the molecule is CC(C)COc1ccc(Cl)cc1C=C(C#N)C(=O)Nc1ccc2c(c1)OCCO2. The fourth-order valence-corrected chi connectivity index (χ4v) is 2.82. The van der Waals surface area contributed by atoms with Crippen LogP contribution in [0.3, 0.4) is 0 Å². The summed E-state index contributed by atoms with van der Waals surface area (Å²) in [7, 11) is 0. The second kappa shape index (κ2) is 9.35. The molecule has 6 nitrogen and oxygen atoms in total.